The largest absolute Gasteiger partial charge is 0.478 e. The van der Waals surface area contributed by atoms with Crippen LogP contribution < -0.4 is 4.90 Å². The summed E-state index contributed by atoms with van der Waals surface area (Å²) < 4.78 is 18.3. The van der Waals surface area contributed by atoms with Crippen LogP contribution in [0.4, 0.5) is 10.1 Å². The van der Waals surface area contributed by atoms with Gasteiger partial charge < -0.3 is 14.7 Å². The Kier molecular flexibility index (Phi) is 6.02. The molecule has 5 heteroatoms. The lowest BCUT2D eigenvalue weighted by atomic mass is 10.1. The summed E-state index contributed by atoms with van der Waals surface area (Å²) in [5, 5.41) is 8.66. The third-order valence-electron chi connectivity index (χ3n) is 2.68. The van der Waals surface area contributed by atoms with Crippen LogP contribution in [0.15, 0.2) is 24.3 Å². The predicted molar refractivity (Wildman–Crippen MR) is 72.8 cm³/mol. The summed E-state index contributed by atoms with van der Waals surface area (Å²) >= 11 is 0. The fraction of sp³-hybridized carbons (Fsp3) is 0.357. The van der Waals surface area contributed by atoms with Gasteiger partial charge in [0.15, 0.2) is 0 Å². The summed E-state index contributed by atoms with van der Waals surface area (Å²) in [4.78, 5) is 12.6. The molecule has 104 valence electrons. The summed E-state index contributed by atoms with van der Waals surface area (Å²) in [5.41, 5.74) is 1.33. The zero-order chi connectivity index (χ0) is 14.3. The van der Waals surface area contributed by atoms with E-state index in [1.807, 2.05) is 11.8 Å². The van der Waals surface area contributed by atoms with E-state index in [-0.39, 0.29) is 0 Å². The zero-order valence-corrected chi connectivity index (χ0v) is 11.1. The highest BCUT2D eigenvalue weighted by Gasteiger charge is 2.09. The number of carboxylic acids is 1. The normalized spacial score (nSPS) is 10.9. The lowest BCUT2D eigenvalue weighted by Crippen LogP contribution is -2.27. The van der Waals surface area contributed by atoms with E-state index < -0.39 is 11.8 Å². The molecule has 0 spiro atoms. The number of carboxylic acid groups (broad SMARTS) is 1. The number of hydrogen-bond acceptors (Lipinski definition) is 3. The molecule has 0 atom stereocenters. The number of likely N-dealkylation sites (N-methyl/N-ethyl adjacent to an activating group) is 1. The van der Waals surface area contributed by atoms with Gasteiger partial charge in [-0.15, -0.1) is 0 Å². The minimum absolute atomic E-state index is 0.392. The molecule has 1 N–H and O–H groups in total. The Balaban J connectivity index is 3.06. The molecule has 0 aliphatic heterocycles. The van der Waals surface area contributed by atoms with Crippen LogP contribution in [-0.4, -0.2) is 37.9 Å². The Morgan fingerprint density at radius 1 is 1.53 bits per heavy atom. The van der Waals surface area contributed by atoms with Crippen molar-refractivity contribution in [2.45, 2.75) is 6.92 Å². The molecule has 1 rings (SSSR count). The van der Waals surface area contributed by atoms with Crippen molar-refractivity contribution in [3.8, 4) is 0 Å². The first kappa shape index (κ1) is 15.2. The van der Waals surface area contributed by atoms with Crippen LogP contribution in [0.5, 0.6) is 0 Å². The van der Waals surface area contributed by atoms with Crippen molar-refractivity contribution in [1.29, 1.82) is 0 Å². The van der Waals surface area contributed by atoms with E-state index in [2.05, 4.69) is 0 Å². The van der Waals surface area contributed by atoms with Crippen LogP contribution >= 0.6 is 0 Å². The summed E-state index contributed by atoms with van der Waals surface area (Å²) in [6, 6.07) is 4.34. The maximum atomic E-state index is 13.3. The Hall–Kier alpha value is -1.88. The van der Waals surface area contributed by atoms with Crippen molar-refractivity contribution in [3.63, 3.8) is 0 Å². The van der Waals surface area contributed by atoms with E-state index in [0.29, 0.717) is 18.7 Å². The smallest absolute Gasteiger partial charge is 0.328 e. The molecule has 0 aliphatic carbocycles. The maximum absolute atomic E-state index is 13.3. The second-order valence-electron chi connectivity index (χ2n) is 3.95. The highest BCUT2D eigenvalue weighted by Crippen LogP contribution is 2.23. The molecule has 0 aromatic heterocycles. The number of halogens is 1. The van der Waals surface area contributed by atoms with Crippen molar-refractivity contribution in [1.82, 2.24) is 0 Å². The number of ether oxygens (including phenoxy) is 1. The van der Waals surface area contributed by atoms with Crippen LogP contribution in [0.1, 0.15) is 12.5 Å². The summed E-state index contributed by atoms with van der Waals surface area (Å²) in [6.07, 6.45) is 2.40. The predicted octanol–water partition coefficient (Wildman–Crippen LogP) is 2.40. The highest BCUT2D eigenvalue weighted by molar-refractivity contribution is 5.87. The first-order valence-electron chi connectivity index (χ1n) is 6.03. The first-order valence-corrected chi connectivity index (χ1v) is 6.03. The molecule has 0 radical (unpaired) electrons. The van der Waals surface area contributed by atoms with E-state index >= 15 is 0 Å². The molecule has 0 fully saturated rings. The van der Waals surface area contributed by atoms with Crippen molar-refractivity contribution >= 4 is 17.7 Å². The summed E-state index contributed by atoms with van der Waals surface area (Å²) in [5.74, 6) is -1.45. The monoisotopic (exact) mass is 267 g/mol. The molecule has 1 aromatic carbocycles. The Morgan fingerprint density at radius 3 is 2.84 bits per heavy atom. The second-order valence-corrected chi connectivity index (χ2v) is 3.95. The number of carbonyl (C=O) groups is 1. The number of aliphatic carboxylic acids is 1. The van der Waals surface area contributed by atoms with Crippen LogP contribution in [0.25, 0.3) is 6.08 Å². The SMILES string of the molecule is CCN(CCOC)c1ccc(F)cc1C=CC(=O)O. The molecular formula is C14H18FNO3. The molecule has 0 unspecified atom stereocenters. The second kappa shape index (κ2) is 7.53. The zero-order valence-electron chi connectivity index (χ0n) is 11.1. The van der Waals surface area contributed by atoms with Gasteiger partial charge in [0, 0.05) is 37.5 Å². The number of nitrogens with zero attached hydrogens (tertiary/aromatic N) is 1. The third-order valence-corrected chi connectivity index (χ3v) is 2.68. The number of rotatable bonds is 7. The number of hydrogen-bond donors (Lipinski definition) is 1. The fourth-order valence-corrected chi connectivity index (χ4v) is 1.76. The molecule has 0 amide bonds. The Labute approximate surface area is 112 Å². The van der Waals surface area contributed by atoms with Gasteiger partial charge >= 0.3 is 5.97 Å². The van der Waals surface area contributed by atoms with Gasteiger partial charge in [-0.1, -0.05) is 0 Å². The van der Waals surface area contributed by atoms with E-state index in [1.54, 1.807) is 13.2 Å². The van der Waals surface area contributed by atoms with Crippen LogP contribution in [0, 0.1) is 5.82 Å². The van der Waals surface area contributed by atoms with Crippen LogP contribution in [-0.2, 0) is 9.53 Å². The van der Waals surface area contributed by atoms with Gasteiger partial charge in [0.1, 0.15) is 5.82 Å². The average molecular weight is 267 g/mol. The summed E-state index contributed by atoms with van der Waals surface area (Å²) in [6.45, 7) is 3.91. The molecule has 0 heterocycles. The van der Waals surface area contributed by atoms with Gasteiger partial charge in [-0.3, -0.25) is 0 Å². The fourth-order valence-electron chi connectivity index (χ4n) is 1.76. The Morgan fingerprint density at radius 2 is 2.26 bits per heavy atom. The van der Waals surface area contributed by atoms with Gasteiger partial charge in [0.25, 0.3) is 0 Å². The van der Waals surface area contributed by atoms with Crippen molar-refractivity contribution in [2.24, 2.45) is 0 Å². The standard InChI is InChI=1S/C14H18FNO3/c1-3-16(8-9-19-2)13-6-5-12(15)10-11(13)4-7-14(17)18/h4-7,10H,3,8-9H2,1-2H3,(H,17,18). The van der Waals surface area contributed by atoms with Crippen LogP contribution in [0.2, 0.25) is 0 Å². The van der Waals surface area contributed by atoms with E-state index in [1.165, 1.54) is 18.2 Å². The van der Waals surface area contributed by atoms with Gasteiger partial charge in [0.2, 0.25) is 0 Å². The molecular weight excluding hydrogens is 249 g/mol. The van der Waals surface area contributed by atoms with Crippen molar-refractivity contribution in [3.05, 3.63) is 35.7 Å². The molecule has 0 aliphatic rings. The molecule has 4 nitrogen and oxygen atoms in total. The number of methoxy groups -OCH3 is 1. The van der Waals surface area contributed by atoms with Gasteiger partial charge in [-0.25, -0.2) is 9.18 Å². The molecule has 19 heavy (non-hydrogen) atoms. The van der Waals surface area contributed by atoms with Crippen molar-refractivity contribution < 1.29 is 19.0 Å². The van der Waals surface area contributed by atoms with Gasteiger partial charge in [-0.05, 0) is 31.2 Å². The van der Waals surface area contributed by atoms with Crippen molar-refractivity contribution in [2.75, 3.05) is 31.7 Å². The summed E-state index contributed by atoms with van der Waals surface area (Å²) in [7, 11) is 1.61. The van der Waals surface area contributed by atoms with E-state index in [0.717, 1.165) is 18.3 Å². The van der Waals surface area contributed by atoms with Crippen LogP contribution in [0.3, 0.4) is 0 Å². The molecule has 1 aromatic rings. The quantitative estimate of drug-likeness (QED) is 0.771. The molecule has 0 bridgehead atoms. The lowest BCUT2D eigenvalue weighted by molar-refractivity contribution is -0.131. The van der Waals surface area contributed by atoms with Gasteiger partial charge in [0.05, 0.1) is 6.61 Å². The third kappa shape index (κ3) is 4.71. The minimum Gasteiger partial charge on any atom is -0.478 e. The van der Waals surface area contributed by atoms with E-state index in [4.69, 9.17) is 9.84 Å². The number of anilines is 1. The van der Waals surface area contributed by atoms with E-state index in [9.17, 15) is 9.18 Å². The highest BCUT2D eigenvalue weighted by atomic mass is 19.1. The lowest BCUT2D eigenvalue weighted by Gasteiger charge is -2.24. The maximum Gasteiger partial charge on any atom is 0.328 e. The molecule has 0 saturated carbocycles. The topological polar surface area (TPSA) is 49.8 Å². The van der Waals surface area contributed by atoms with Gasteiger partial charge in [-0.2, -0.15) is 0 Å². The minimum atomic E-state index is -1.06. The Bertz CT molecular complexity index is 460. The number of benzene rings is 1. The molecule has 0 saturated heterocycles. The first-order chi connectivity index (χ1) is 9.08. The average Bonchev–Trinajstić information content (AvgIpc) is 2.38.